The molecular formula is C13H16ClFN2O3S. The third kappa shape index (κ3) is 3.36. The number of nitrogens with two attached hydrogens (primary N) is 1. The van der Waals surface area contributed by atoms with E-state index in [0.717, 1.165) is 18.6 Å². The van der Waals surface area contributed by atoms with Crippen molar-refractivity contribution in [3.63, 3.8) is 0 Å². The van der Waals surface area contributed by atoms with E-state index in [1.165, 1.54) is 4.90 Å². The second-order valence-electron chi connectivity index (χ2n) is 5.95. The summed E-state index contributed by atoms with van der Waals surface area (Å²) in [5.74, 6) is -1.73. The maximum atomic E-state index is 14.3. The van der Waals surface area contributed by atoms with Gasteiger partial charge in [-0.1, -0.05) is 25.4 Å². The number of likely N-dealkylation sites (tertiary alicyclic amines) is 1. The van der Waals surface area contributed by atoms with E-state index < -0.39 is 26.6 Å². The van der Waals surface area contributed by atoms with Gasteiger partial charge < -0.3 is 4.90 Å². The van der Waals surface area contributed by atoms with Crippen molar-refractivity contribution >= 4 is 27.5 Å². The number of hydrogen-bond acceptors (Lipinski definition) is 3. The topological polar surface area (TPSA) is 80.5 Å². The Morgan fingerprint density at radius 1 is 1.43 bits per heavy atom. The van der Waals surface area contributed by atoms with Gasteiger partial charge in [0.15, 0.2) is 5.82 Å². The number of halogens is 2. The van der Waals surface area contributed by atoms with Gasteiger partial charge in [0.1, 0.15) is 4.90 Å². The van der Waals surface area contributed by atoms with Gasteiger partial charge >= 0.3 is 0 Å². The molecule has 0 unspecified atom stereocenters. The molecule has 0 radical (unpaired) electrons. The Hall–Kier alpha value is -1.18. The molecule has 2 N–H and O–H groups in total. The Labute approximate surface area is 127 Å². The van der Waals surface area contributed by atoms with Crippen molar-refractivity contribution in [2.75, 3.05) is 13.1 Å². The minimum absolute atomic E-state index is 0.0481. The highest BCUT2D eigenvalue weighted by atomic mass is 35.5. The predicted molar refractivity (Wildman–Crippen MR) is 77.1 cm³/mol. The van der Waals surface area contributed by atoms with Crippen LogP contribution in [-0.2, 0) is 10.0 Å². The van der Waals surface area contributed by atoms with Gasteiger partial charge in [-0.25, -0.2) is 17.9 Å². The molecule has 1 fully saturated rings. The molecule has 21 heavy (non-hydrogen) atoms. The minimum Gasteiger partial charge on any atom is -0.338 e. The van der Waals surface area contributed by atoms with Gasteiger partial charge in [-0.2, -0.15) is 0 Å². The van der Waals surface area contributed by atoms with Gasteiger partial charge in [0.05, 0.1) is 5.56 Å². The van der Waals surface area contributed by atoms with Crippen LogP contribution in [0.4, 0.5) is 4.39 Å². The number of hydrogen-bond donors (Lipinski definition) is 1. The van der Waals surface area contributed by atoms with Crippen LogP contribution in [0, 0.1) is 11.2 Å². The van der Waals surface area contributed by atoms with E-state index in [9.17, 15) is 17.6 Å². The lowest BCUT2D eigenvalue weighted by Gasteiger charge is -2.20. The maximum absolute atomic E-state index is 14.3. The van der Waals surface area contributed by atoms with Crippen LogP contribution in [0.1, 0.15) is 30.6 Å². The Bertz CT molecular complexity index is 704. The number of primary sulfonamides is 1. The fraction of sp³-hybridized carbons (Fsp3) is 0.462. The van der Waals surface area contributed by atoms with Crippen LogP contribution < -0.4 is 5.14 Å². The molecule has 2 rings (SSSR count). The van der Waals surface area contributed by atoms with Crippen LogP contribution in [0.15, 0.2) is 17.0 Å². The largest absolute Gasteiger partial charge is 0.338 e. The zero-order valence-corrected chi connectivity index (χ0v) is 13.3. The zero-order chi connectivity index (χ0) is 16.0. The van der Waals surface area contributed by atoms with E-state index in [1.54, 1.807) is 0 Å². The van der Waals surface area contributed by atoms with Gasteiger partial charge in [-0.05, 0) is 24.0 Å². The molecule has 1 heterocycles. The van der Waals surface area contributed by atoms with Crippen molar-refractivity contribution in [2.45, 2.75) is 25.2 Å². The number of carbonyl (C=O) groups is 1. The Morgan fingerprint density at radius 3 is 2.52 bits per heavy atom. The summed E-state index contributed by atoms with van der Waals surface area (Å²) >= 11 is 5.78. The first-order valence-electron chi connectivity index (χ1n) is 6.32. The van der Waals surface area contributed by atoms with Crippen LogP contribution >= 0.6 is 11.6 Å². The third-order valence-electron chi connectivity index (χ3n) is 3.51. The first-order valence-corrected chi connectivity index (χ1v) is 8.25. The van der Waals surface area contributed by atoms with E-state index in [1.807, 2.05) is 13.8 Å². The molecule has 1 aromatic carbocycles. The number of carbonyl (C=O) groups excluding carboxylic acids is 1. The van der Waals surface area contributed by atoms with Crippen molar-refractivity contribution in [2.24, 2.45) is 10.6 Å². The molecule has 8 heteroatoms. The monoisotopic (exact) mass is 334 g/mol. The summed E-state index contributed by atoms with van der Waals surface area (Å²) in [6.07, 6.45) is 0.795. The molecule has 1 saturated heterocycles. The molecule has 0 aliphatic carbocycles. The molecule has 0 atom stereocenters. The number of nitrogens with zero attached hydrogens (tertiary/aromatic N) is 1. The molecule has 1 amide bonds. The highest BCUT2D eigenvalue weighted by Gasteiger charge is 2.34. The van der Waals surface area contributed by atoms with Crippen LogP contribution in [0.25, 0.3) is 0 Å². The van der Waals surface area contributed by atoms with Crippen molar-refractivity contribution in [1.82, 2.24) is 4.90 Å². The normalized spacial score (nSPS) is 18.0. The molecule has 1 aliphatic rings. The van der Waals surface area contributed by atoms with Gasteiger partial charge in [-0.15, -0.1) is 0 Å². The standard InChI is InChI=1S/C13H16ClFN2O3S/c1-13(2)3-4-17(7-13)12(18)9-5-8(14)6-10(11(9)15)21(16,19)20/h5-6H,3-4,7H2,1-2H3,(H2,16,19,20). The van der Waals surface area contributed by atoms with Crippen LogP contribution in [0.5, 0.6) is 0 Å². The van der Waals surface area contributed by atoms with Crippen LogP contribution in [-0.4, -0.2) is 32.3 Å². The summed E-state index contributed by atoms with van der Waals surface area (Å²) in [5, 5.41) is 4.89. The van der Waals surface area contributed by atoms with Gasteiger partial charge in [0.25, 0.3) is 5.91 Å². The summed E-state index contributed by atoms with van der Waals surface area (Å²) in [7, 11) is -4.29. The Balaban J connectivity index is 2.46. The number of amides is 1. The molecule has 0 saturated carbocycles. The fourth-order valence-electron chi connectivity index (χ4n) is 2.38. The highest BCUT2D eigenvalue weighted by Crippen LogP contribution is 2.31. The highest BCUT2D eigenvalue weighted by molar-refractivity contribution is 7.89. The average Bonchev–Trinajstić information content (AvgIpc) is 2.70. The lowest BCUT2D eigenvalue weighted by Crippen LogP contribution is -2.31. The number of rotatable bonds is 2. The summed E-state index contributed by atoms with van der Waals surface area (Å²) in [5.41, 5.74) is -0.419. The lowest BCUT2D eigenvalue weighted by molar-refractivity contribution is 0.0773. The van der Waals surface area contributed by atoms with Crippen molar-refractivity contribution in [3.05, 3.63) is 28.5 Å². The molecule has 0 aromatic heterocycles. The molecule has 1 aromatic rings. The Kier molecular flexibility index (Phi) is 4.03. The first kappa shape index (κ1) is 16.2. The van der Waals surface area contributed by atoms with Crippen LogP contribution in [0.3, 0.4) is 0 Å². The van der Waals surface area contributed by atoms with Crippen LogP contribution in [0.2, 0.25) is 5.02 Å². The van der Waals surface area contributed by atoms with E-state index in [0.29, 0.717) is 13.1 Å². The van der Waals surface area contributed by atoms with E-state index in [2.05, 4.69) is 0 Å². The predicted octanol–water partition coefficient (Wildman–Crippen LogP) is 2.00. The number of sulfonamides is 1. The molecule has 1 aliphatic heterocycles. The quantitative estimate of drug-likeness (QED) is 0.898. The summed E-state index contributed by atoms with van der Waals surface area (Å²) < 4.78 is 37.0. The summed E-state index contributed by atoms with van der Waals surface area (Å²) in [4.78, 5) is 13.1. The average molecular weight is 335 g/mol. The second kappa shape index (κ2) is 5.23. The van der Waals surface area contributed by atoms with Crippen molar-refractivity contribution in [1.29, 1.82) is 0 Å². The maximum Gasteiger partial charge on any atom is 0.256 e. The first-order chi connectivity index (χ1) is 9.51. The number of benzene rings is 1. The SMILES string of the molecule is CC1(C)CCN(C(=O)c2cc(Cl)cc(S(N)(=O)=O)c2F)C1. The molecule has 5 nitrogen and oxygen atoms in total. The molecule has 0 bridgehead atoms. The van der Waals surface area contributed by atoms with Crippen molar-refractivity contribution in [3.8, 4) is 0 Å². The van der Waals surface area contributed by atoms with Crippen molar-refractivity contribution < 1.29 is 17.6 Å². The zero-order valence-electron chi connectivity index (χ0n) is 11.7. The third-order valence-corrected chi connectivity index (χ3v) is 4.63. The fourth-order valence-corrected chi connectivity index (χ4v) is 3.32. The summed E-state index contributed by atoms with van der Waals surface area (Å²) in [6, 6.07) is 2.02. The lowest BCUT2D eigenvalue weighted by atomic mass is 9.93. The molecule has 116 valence electrons. The minimum atomic E-state index is -4.29. The van der Waals surface area contributed by atoms with E-state index >= 15 is 0 Å². The Morgan fingerprint density at radius 2 is 2.05 bits per heavy atom. The second-order valence-corrected chi connectivity index (χ2v) is 7.92. The smallest absolute Gasteiger partial charge is 0.256 e. The molecular weight excluding hydrogens is 319 g/mol. The van der Waals surface area contributed by atoms with Gasteiger partial charge in [0.2, 0.25) is 10.0 Å². The molecule has 0 spiro atoms. The summed E-state index contributed by atoms with van der Waals surface area (Å²) in [6.45, 7) is 4.97. The van der Waals surface area contributed by atoms with E-state index in [4.69, 9.17) is 16.7 Å². The van der Waals surface area contributed by atoms with Gasteiger partial charge in [0, 0.05) is 18.1 Å². The van der Waals surface area contributed by atoms with E-state index in [-0.39, 0.29) is 16.0 Å². The van der Waals surface area contributed by atoms with Gasteiger partial charge in [-0.3, -0.25) is 4.79 Å².